The van der Waals surface area contributed by atoms with Gasteiger partial charge in [0.05, 0.1) is 12.2 Å². The lowest BCUT2D eigenvalue weighted by atomic mass is 10.0. The van der Waals surface area contributed by atoms with Crippen molar-refractivity contribution in [2.45, 2.75) is 40.2 Å². The van der Waals surface area contributed by atoms with Crippen molar-refractivity contribution in [3.8, 4) is 11.4 Å². The zero-order valence-electron chi connectivity index (χ0n) is 15.3. The van der Waals surface area contributed by atoms with Crippen molar-refractivity contribution in [2.24, 2.45) is 0 Å². The molecular weight excluding hydrogens is 312 g/mol. The van der Waals surface area contributed by atoms with Crippen molar-refractivity contribution in [3.05, 3.63) is 41.6 Å². The first-order valence-electron chi connectivity index (χ1n) is 9.15. The third-order valence-electron chi connectivity index (χ3n) is 4.79. The Balaban J connectivity index is 2.08. The normalized spacial score (nSPS) is 13.5. The van der Waals surface area contributed by atoms with Crippen LogP contribution < -0.4 is 4.90 Å². The predicted molar refractivity (Wildman–Crippen MR) is 100 cm³/mol. The number of aromatic nitrogens is 2. The number of carbonyl (C=O) groups excluding carboxylic acids is 1. The van der Waals surface area contributed by atoms with E-state index in [0.717, 1.165) is 54.5 Å². The van der Waals surface area contributed by atoms with Crippen LogP contribution in [0.15, 0.2) is 30.3 Å². The minimum Gasteiger partial charge on any atom is -0.357 e. The van der Waals surface area contributed by atoms with E-state index >= 15 is 0 Å². The Kier molecular flexibility index (Phi) is 5.31. The molecule has 1 amide bonds. The van der Waals surface area contributed by atoms with Crippen LogP contribution in [0.1, 0.15) is 38.4 Å². The molecule has 0 spiro atoms. The van der Waals surface area contributed by atoms with Crippen LogP contribution in [0.3, 0.4) is 0 Å². The van der Waals surface area contributed by atoms with Crippen molar-refractivity contribution in [1.29, 1.82) is 0 Å². The average molecular weight is 338 g/mol. The second-order valence-corrected chi connectivity index (χ2v) is 6.25. The Morgan fingerprint density at radius 3 is 2.48 bits per heavy atom. The second kappa shape index (κ2) is 7.64. The Morgan fingerprint density at radius 1 is 1.12 bits per heavy atom. The number of anilines is 1. The number of fused-ring (bicyclic) bond motifs is 1. The highest BCUT2D eigenvalue weighted by Crippen LogP contribution is 2.29. The number of rotatable bonds is 5. The molecule has 3 rings (SSSR count). The molecule has 1 aliphatic heterocycles. The van der Waals surface area contributed by atoms with Gasteiger partial charge in [0.1, 0.15) is 5.82 Å². The van der Waals surface area contributed by atoms with Gasteiger partial charge in [-0.3, -0.25) is 4.79 Å². The molecule has 25 heavy (non-hydrogen) atoms. The Labute approximate surface area is 149 Å². The van der Waals surface area contributed by atoms with Gasteiger partial charge < -0.3 is 9.80 Å². The zero-order chi connectivity index (χ0) is 17.8. The number of carbonyl (C=O) groups is 1. The molecule has 0 aliphatic carbocycles. The molecule has 5 nitrogen and oxygen atoms in total. The number of hydrogen-bond acceptors (Lipinski definition) is 4. The van der Waals surface area contributed by atoms with Crippen LogP contribution in [0, 0.1) is 0 Å². The van der Waals surface area contributed by atoms with Gasteiger partial charge in [-0.2, -0.15) is 0 Å². The van der Waals surface area contributed by atoms with E-state index in [1.807, 2.05) is 42.2 Å². The monoisotopic (exact) mass is 338 g/mol. The third kappa shape index (κ3) is 3.50. The fraction of sp³-hybridized carbons (Fsp3) is 0.450. The standard InChI is InChI=1S/C20H26N4O/c1-4-18(25)24-13-12-17-16(14-24)20(23(5-2)6-3)22-19(21-17)15-10-8-7-9-11-15/h7-11H,4-6,12-14H2,1-3H3. The first-order chi connectivity index (χ1) is 12.2. The third-order valence-corrected chi connectivity index (χ3v) is 4.79. The van der Waals surface area contributed by atoms with E-state index in [9.17, 15) is 4.79 Å². The van der Waals surface area contributed by atoms with Crippen LogP contribution in [0.25, 0.3) is 11.4 Å². The van der Waals surface area contributed by atoms with Gasteiger partial charge in [-0.1, -0.05) is 37.3 Å². The minimum absolute atomic E-state index is 0.197. The molecule has 0 atom stereocenters. The SMILES string of the molecule is CCC(=O)N1CCc2nc(-c3ccccc3)nc(N(CC)CC)c2C1. The van der Waals surface area contributed by atoms with E-state index in [2.05, 4.69) is 18.7 Å². The fourth-order valence-electron chi connectivity index (χ4n) is 3.33. The summed E-state index contributed by atoms with van der Waals surface area (Å²) in [6, 6.07) is 10.1. The lowest BCUT2D eigenvalue weighted by Gasteiger charge is -2.32. The molecule has 1 aliphatic rings. The van der Waals surface area contributed by atoms with Crippen molar-refractivity contribution in [3.63, 3.8) is 0 Å². The molecule has 0 saturated heterocycles. The van der Waals surface area contributed by atoms with E-state index in [1.54, 1.807) is 0 Å². The van der Waals surface area contributed by atoms with Crippen molar-refractivity contribution >= 4 is 11.7 Å². The van der Waals surface area contributed by atoms with E-state index in [4.69, 9.17) is 9.97 Å². The van der Waals surface area contributed by atoms with Gasteiger partial charge in [0.2, 0.25) is 5.91 Å². The molecule has 0 fully saturated rings. The van der Waals surface area contributed by atoms with E-state index in [0.29, 0.717) is 13.0 Å². The summed E-state index contributed by atoms with van der Waals surface area (Å²) in [6.45, 7) is 9.31. The van der Waals surface area contributed by atoms with Gasteiger partial charge >= 0.3 is 0 Å². The molecule has 0 radical (unpaired) electrons. The highest BCUT2D eigenvalue weighted by molar-refractivity contribution is 5.76. The smallest absolute Gasteiger partial charge is 0.222 e. The lowest BCUT2D eigenvalue weighted by Crippen LogP contribution is -2.38. The summed E-state index contributed by atoms with van der Waals surface area (Å²) < 4.78 is 0. The van der Waals surface area contributed by atoms with Gasteiger partial charge in [0, 0.05) is 43.6 Å². The summed E-state index contributed by atoms with van der Waals surface area (Å²) in [5.74, 6) is 1.95. The number of nitrogens with zero attached hydrogens (tertiary/aromatic N) is 4. The Bertz CT molecular complexity index is 741. The molecule has 1 aromatic heterocycles. The van der Waals surface area contributed by atoms with E-state index < -0.39 is 0 Å². The number of hydrogen-bond donors (Lipinski definition) is 0. The van der Waals surface area contributed by atoms with Gasteiger partial charge in [-0.15, -0.1) is 0 Å². The Hall–Kier alpha value is -2.43. The second-order valence-electron chi connectivity index (χ2n) is 6.25. The number of amides is 1. The molecule has 1 aromatic carbocycles. The van der Waals surface area contributed by atoms with Crippen LogP contribution in [0.5, 0.6) is 0 Å². The summed E-state index contributed by atoms with van der Waals surface area (Å²) in [5, 5.41) is 0. The molecule has 2 heterocycles. The van der Waals surface area contributed by atoms with Crippen molar-refractivity contribution in [1.82, 2.24) is 14.9 Å². The quantitative estimate of drug-likeness (QED) is 0.839. The van der Waals surface area contributed by atoms with Gasteiger partial charge in [-0.25, -0.2) is 9.97 Å². The van der Waals surface area contributed by atoms with Crippen LogP contribution in [0.2, 0.25) is 0 Å². The van der Waals surface area contributed by atoms with Crippen molar-refractivity contribution < 1.29 is 4.79 Å². The predicted octanol–water partition coefficient (Wildman–Crippen LogP) is 3.28. The van der Waals surface area contributed by atoms with Crippen LogP contribution in [0.4, 0.5) is 5.82 Å². The van der Waals surface area contributed by atoms with Gasteiger partial charge in [0.25, 0.3) is 0 Å². The van der Waals surface area contributed by atoms with Gasteiger partial charge in [0.15, 0.2) is 5.82 Å². The first kappa shape index (κ1) is 17.4. The van der Waals surface area contributed by atoms with Crippen LogP contribution >= 0.6 is 0 Å². The lowest BCUT2D eigenvalue weighted by molar-refractivity contribution is -0.131. The highest BCUT2D eigenvalue weighted by atomic mass is 16.2. The average Bonchev–Trinajstić information content (AvgIpc) is 2.68. The Morgan fingerprint density at radius 2 is 1.84 bits per heavy atom. The maximum atomic E-state index is 12.2. The maximum Gasteiger partial charge on any atom is 0.222 e. The molecule has 5 heteroatoms. The summed E-state index contributed by atoms with van der Waals surface area (Å²) in [5.41, 5.74) is 3.22. The highest BCUT2D eigenvalue weighted by Gasteiger charge is 2.26. The molecule has 0 N–H and O–H groups in total. The fourth-order valence-corrected chi connectivity index (χ4v) is 3.33. The topological polar surface area (TPSA) is 49.3 Å². The van der Waals surface area contributed by atoms with Crippen molar-refractivity contribution in [2.75, 3.05) is 24.5 Å². The first-order valence-corrected chi connectivity index (χ1v) is 9.15. The summed E-state index contributed by atoms with van der Waals surface area (Å²) in [7, 11) is 0. The molecule has 0 saturated carbocycles. The molecule has 2 aromatic rings. The molecule has 132 valence electrons. The summed E-state index contributed by atoms with van der Waals surface area (Å²) in [4.78, 5) is 26.1. The largest absolute Gasteiger partial charge is 0.357 e. The molecular formula is C20H26N4O. The minimum atomic E-state index is 0.197. The maximum absolute atomic E-state index is 12.2. The molecule has 0 bridgehead atoms. The van der Waals surface area contributed by atoms with Crippen LogP contribution in [-0.2, 0) is 17.8 Å². The molecule has 0 unspecified atom stereocenters. The van der Waals surface area contributed by atoms with E-state index in [1.165, 1.54) is 0 Å². The van der Waals surface area contributed by atoms with Gasteiger partial charge in [-0.05, 0) is 13.8 Å². The zero-order valence-corrected chi connectivity index (χ0v) is 15.3. The number of benzene rings is 1. The summed E-state index contributed by atoms with van der Waals surface area (Å²) >= 11 is 0. The summed E-state index contributed by atoms with van der Waals surface area (Å²) in [6.07, 6.45) is 1.33. The van der Waals surface area contributed by atoms with Crippen LogP contribution in [-0.4, -0.2) is 40.4 Å². The van der Waals surface area contributed by atoms with E-state index in [-0.39, 0.29) is 5.91 Å².